The van der Waals surface area contributed by atoms with Crippen molar-refractivity contribution in [2.75, 3.05) is 20.8 Å². The molecule has 5 heteroatoms. The molecule has 2 atom stereocenters. The summed E-state index contributed by atoms with van der Waals surface area (Å²) in [5, 5.41) is 11.1. The van der Waals surface area contributed by atoms with Crippen molar-refractivity contribution in [1.82, 2.24) is 0 Å². The van der Waals surface area contributed by atoms with E-state index < -0.39 is 23.1 Å². The quantitative estimate of drug-likeness (QED) is 0.621. The third-order valence-corrected chi connectivity index (χ3v) is 3.63. The zero-order valence-corrected chi connectivity index (χ0v) is 13.3. The highest BCUT2D eigenvalue weighted by Crippen LogP contribution is 2.43. The van der Waals surface area contributed by atoms with Gasteiger partial charge in [-0.1, -0.05) is 27.4 Å². The topological polar surface area (TPSA) is 65.0 Å². The van der Waals surface area contributed by atoms with E-state index in [4.69, 9.17) is 14.2 Å². The number of hydrogen-bond donors (Lipinski definition) is 1. The van der Waals surface area contributed by atoms with Crippen molar-refractivity contribution in [3.05, 3.63) is 36.1 Å². The van der Waals surface area contributed by atoms with Gasteiger partial charge in [0.2, 0.25) is 0 Å². The summed E-state index contributed by atoms with van der Waals surface area (Å²) in [6, 6.07) is 0. The Morgan fingerprint density at radius 1 is 1.48 bits per heavy atom. The summed E-state index contributed by atoms with van der Waals surface area (Å²) < 4.78 is 15.8. The van der Waals surface area contributed by atoms with Gasteiger partial charge in [0.25, 0.3) is 0 Å². The zero-order valence-electron chi connectivity index (χ0n) is 13.3. The van der Waals surface area contributed by atoms with Crippen LogP contribution in [0.1, 0.15) is 20.8 Å². The predicted octanol–water partition coefficient (Wildman–Crippen LogP) is 1.98. The SMILES string of the molecule is C=CC(=O)OCC1=CC(OC)C(O)(C(C)(C)C)C(OC)=C1. The Kier molecular flexibility index (Phi) is 5.36. The standard InChI is InChI=1S/C16H24O5/c1-7-14(17)21-10-11-8-12(19-5)16(18,15(2,3)4)13(9-11)20-6/h7-9,12,18H,1,10H2,2-6H3. The monoisotopic (exact) mass is 296 g/mol. The van der Waals surface area contributed by atoms with Crippen molar-refractivity contribution in [3.63, 3.8) is 0 Å². The molecule has 21 heavy (non-hydrogen) atoms. The molecule has 5 nitrogen and oxygen atoms in total. The van der Waals surface area contributed by atoms with Gasteiger partial charge in [-0.15, -0.1) is 0 Å². The van der Waals surface area contributed by atoms with Gasteiger partial charge in [-0.25, -0.2) is 4.79 Å². The van der Waals surface area contributed by atoms with Gasteiger partial charge >= 0.3 is 5.97 Å². The first-order chi connectivity index (χ1) is 9.70. The van der Waals surface area contributed by atoms with E-state index in [-0.39, 0.29) is 6.61 Å². The van der Waals surface area contributed by atoms with Gasteiger partial charge < -0.3 is 19.3 Å². The first kappa shape index (κ1) is 17.5. The maximum Gasteiger partial charge on any atom is 0.330 e. The van der Waals surface area contributed by atoms with Crippen LogP contribution in [-0.4, -0.2) is 43.6 Å². The molecule has 1 N–H and O–H groups in total. The fourth-order valence-electron chi connectivity index (χ4n) is 2.33. The van der Waals surface area contributed by atoms with Gasteiger partial charge in [0.05, 0.1) is 7.11 Å². The highest BCUT2D eigenvalue weighted by molar-refractivity contribution is 5.81. The Morgan fingerprint density at radius 3 is 2.52 bits per heavy atom. The molecule has 0 aromatic carbocycles. The molecular formula is C16H24O5. The van der Waals surface area contributed by atoms with Crippen molar-refractivity contribution in [3.8, 4) is 0 Å². The smallest absolute Gasteiger partial charge is 0.330 e. The Morgan fingerprint density at radius 2 is 2.10 bits per heavy atom. The van der Waals surface area contributed by atoms with Crippen molar-refractivity contribution in [2.24, 2.45) is 5.41 Å². The molecule has 1 aliphatic carbocycles. The van der Waals surface area contributed by atoms with Crippen LogP contribution in [0.15, 0.2) is 36.1 Å². The number of methoxy groups -OCH3 is 2. The number of carbonyl (C=O) groups excluding carboxylic acids is 1. The van der Waals surface area contributed by atoms with Crippen LogP contribution >= 0.6 is 0 Å². The van der Waals surface area contributed by atoms with Gasteiger partial charge in [0.15, 0.2) is 5.60 Å². The molecule has 0 spiro atoms. The summed E-state index contributed by atoms with van der Waals surface area (Å²) in [5.41, 5.74) is -1.11. The molecule has 2 unspecified atom stereocenters. The molecule has 0 fully saturated rings. The number of carbonyl (C=O) groups is 1. The van der Waals surface area contributed by atoms with Crippen molar-refractivity contribution < 1.29 is 24.1 Å². The average molecular weight is 296 g/mol. The van der Waals surface area contributed by atoms with Crippen LogP contribution in [0.2, 0.25) is 0 Å². The molecule has 0 aromatic heterocycles. The first-order valence-corrected chi connectivity index (χ1v) is 6.72. The normalized spacial score (nSPS) is 25.7. The molecule has 0 aromatic rings. The van der Waals surface area contributed by atoms with Crippen LogP contribution < -0.4 is 0 Å². The molecule has 0 heterocycles. The zero-order chi connectivity index (χ0) is 16.3. The highest BCUT2D eigenvalue weighted by Gasteiger charge is 2.52. The number of hydrogen-bond acceptors (Lipinski definition) is 5. The van der Waals surface area contributed by atoms with E-state index in [2.05, 4.69) is 6.58 Å². The van der Waals surface area contributed by atoms with E-state index >= 15 is 0 Å². The molecular weight excluding hydrogens is 272 g/mol. The van der Waals surface area contributed by atoms with Gasteiger partial charge in [-0.05, 0) is 17.7 Å². The summed E-state index contributed by atoms with van der Waals surface area (Å²) in [4.78, 5) is 11.1. The third-order valence-electron chi connectivity index (χ3n) is 3.63. The summed E-state index contributed by atoms with van der Waals surface area (Å²) in [5.74, 6) is -0.122. The highest BCUT2D eigenvalue weighted by atomic mass is 16.5. The summed E-state index contributed by atoms with van der Waals surface area (Å²) >= 11 is 0. The lowest BCUT2D eigenvalue weighted by molar-refractivity contribution is -0.139. The largest absolute Gasteiger partial charge is 0.498 e. The second-order valence-corrected chi connectivity index (χ2v) is 5.94. The van der Waals surface area contributed by atoms with Gasteiger partial charge in [-0.3, -0.25) is 0 Å². The van der Waals surface area contributed by atoms with Gasteiger partial charge in [-0.2, -0.15) is 0 Å². The molecule has 0 aliphatic heterocycles. The summed E-state index contributed by atoms with van der Waals surface area (Å²) in [6.07, 6.45) is 3.92. The van der Waals surface area contributed by atoms with E-state index in [1.54, 1.807) is 12.2 Å². The second kappa shape index (κ2) is 6.45. The Balaban J connectivity index is 3.12. The van der Waals surface area contributed by atoms with E-state index in [0.717, 1.165) is 6.08 Å². The van der Waals surface area contributed by atoms with Gasteiger partial charge in [0, 0.05) is 18.6 Å². The first-order valence-electron chi connectivity index (χ1n) is 6.72. The van der Waals surface area contributed by atoms with E-state index in [1.807, 2.05) is 20.8 Å². The van der Waals surface area contributed by atoms with E-state index in [9.17, 15) is 9.90 Å². The molecule has 0 radical (unpaired) electrons. The predicted molar refractivity (Wildman–Crippen MR) is 79.5 cm³/mol. The van der Waals surface area contributed by atoms with Crippen LogP contribution in [0.4, 0.5) is 0 Å². The maximum absolute atomic E-state index is 11.1. The Labute approximate surface area is 125 Å². The van der Waals surface area contributed by atoms with Crippen molar-refractivity contribution in [1.29, 1.82) is 0 Å². The fraction of sp³-hybridized carbons (Fsp3) is 0.562. The molecule has 0 bridgehead atoms. The molecule has 1 rings (SSSR count). The third kappa shape index (κ3) is 3.36. The second-order valence-electron chi connectivity index (χ2n) is 5.94. The van der Waals surface area contributed by atoms with E-state index in [1.165, 1.54) is 14.2 Å². The Hall–Kier alpha value is -1.59. The number of aliphatic hydroxyl groups is 1. The lowest BCUT2D eigenvalue weighted by Crippen LogP contribution is -2.55. The number of rotatable bonds is 5. The van der Waals surface area contributed by atoms with Crippen molar-refractivity contribution >= 4 is 5.97 Å². The average Bonchev–Trinajstić information content (AvgIpc) is 2.44. The minimum absolute atomic E-state index is 0.0673. The lowest BCUT2D eigenvalue weighted by atomic mass is 9.69. The maximum atomic E-state index is 11.1. The Bertz CT molecular complexity index is 470. The van der Waals surface area contributed by atoms with E-state index in [0.29, 0.717) is 11.3 Å². The van der Waals surface area contributed by atoms with Gasteiger partial charge in [0.1, 0.15) is 18.5 Å². The fourth-order valence-corrected chi connectivity index (χ4v) is 2.33. The van der Waals surface area contributed by atoms with Crippen LogP contribution in [-0.2, 0) is 19.0 Å². The van der Waals surface area contributed by atoms with Crippen molar-refractivity contribution in [2.45, 2.75) is 32.5 Å². The summed E-state index contributed by atoms with van der Waals surface area (Å²) in [6.45, 7) is 9.13. The van der Waals surface area contributed by atoms with Crippen LogP contribution in [0.25, 0.3) is 0 Å². The van der Waals surface area contributed by atoms with Crippen LogP contribution in [0, 0.1) is 5.41 Å². The molecule has 118 valence electrons. The molecule has 1 aliphatic rings. The number of ether oxygens (including phenoxy) is 3. The molecule has 0 saturated carbocycles. The minimum atomic E-state index is -1.30. The lowest BCUT2D eigenvalue weighted by Gasteiger charge is -2.46. The summed E-state index contributed by atoms with van der Waals surface area (Å²) in [7, 11) is 3.01. The number of esters is 1. The molecule has 0 amide bonds. The molecule has 0 saturated heterocycles. The minimum Gasteiger partial charge on any atom is -0.498 e. The van der Waals surface area contributed by atoms with Crippen LogP contribution in [0.5, 0.6) is 0 Å². The van der Waals surface area contributed by atoms with Crippen LogP contribution in [0.3, 0.4) is 0 Å².